The molecule has 0 bridgehead atoms. The Kier molecular flexibility index (Phi) is 8.42. The number of carboxylic acid groups (broad SMARTS) is 2. The third-order valence-electron chi connectivity index (χ3n) is 3.82. The molecular weight excluding hydrogens is 232 g/mol. The van der Waals surface area contributed by atoms with Crippen molar-refractivity contribution >= 4 is 11.9 Å². The molecule has 0 aliphatic heterocycles. The van der Waals surface area contributed by atoms with Gasteiger partial charge in [0, 0.05) is 17.4 Å². The van der Waals surface area contributed by atoms with E-state index in [1.807, 2.05) is 13.8 Å². The van der Waals surface area contributed by atoms with E-state index < -0.39 is 17.4 Å². The summed E-state index contributed by atoms with van der Waals surface area (Å²) in [5.41, 5.74) is -0.676. The van der Waals surface area contributed by atoms with Crippen LogP contribution in [0.15, 0.2) is 0 Å². The van der Waals surface area contributed by atoms with Crippen molar-refractivity contribution < 1.29 is 19.8 Å². The standard InChI is InChI=1S/C14H26O4/c1-3-14(4-2,13(17)18)11-9-7-5-6-8-10-12(15)16/h3-11H2,1-2H3,(H,15,16)(H,17,18)/p-2. The molecule has 0 heterocycles. The zero-order valence-corrected chi connectivity index (χ0v) is 11.5. The Labute approximate surface area is 109 Å². The molecule has 0 saturated heterocycles. The summed E-state index contributed by atoms with van der Waals surface area (Å²) < 4.78 is 0. The Morgan fingerprint density at radius 2 is 1.39 bits per heavy atom. The lowest BCUT2D eigenvalue weighted by atomic mass is 9.78. The normalized spacial score (nSPS) is 11.4. The van der Waals surface area contributed by atoms with E-state index in [9.17, 15) is 19.8 Å². The highest BCUT2D eigenvalue weighted by molar-refractivity contribution is 5.72. The second-order valence-corrected chi connectivity index (χ2v) is 4.91. The molecule has 0 aromatic heterocycles. The topological polar surface area (TPSA) is 80.3 Å². The van der Waals surface area contributed by atoms with Crippen molar-refractivity contribution in [1.82, 2.24) is 0 Å². The average molecular weight is 256 g/mol. The van der Waals surface area contributed by atoms with Crippen LogP contribution in [-0.4, -0.2) is 11.9 Å². The lowest BCUT2D eigenvalue weighted by molar-refractivity contribution is -0.320. The quantitative estimate of drug-likeness (QED) is 0.517. The van der Waals surface area contributed by atoms with Gasteiger partial charge in [0.15, 0.2) is 0 Å². The molecule has 0 rings (SSSR count). The van der Waals surface area contributed by atoms with Crippen LogP contribution in [0.4, 0.5) is 0 Å². The van der Waals surface area contributed by atoms with Crippen LogP contribution in [0, 0.1) is 5.41 Å². The maximum atomic E-state index is 11.1. The lowest BCUT2D eigenvalue weighted by Gasteiger charge is -2.32. The van der Waals surface area contributed by atoms with Crippen LogP contribution in [0.2, 0.25) is 0 Å². The highest BCUT2D eigenvalue weighted by Gasteiger charge is 2.26. The molecule has 0 radical (unpaired) electrons. The lowest BCUT2D eigenvalue weighted by Crippen LogP contribution is -2.41. The molecule has 4 heteroatoms. The third kappa shape index (κ3) is 6.03. The second-order valence-electron chi connectivity index (χ2n) is 4.91. The average Bonchev–Trinajstić information content (AvgIpc) is 2.32. The Hall–Kier alpha value is -1.06. The molecule has 106 valence electrons. The van der Waals surface area contributed by atoms with Crippen molar-refractivity contribution in [2.24, 2.45) is 5.41 Å². The summed E-state index contributed by atoms with van der Waals surface area (Å²) in [5, 5.41) is 21.3. The van der Waals surface area contributed by atoms with Gasteiger partial charge in [0.25, 0.3) is 0 Å². The molecule has 4 nitrogen and oxygen atoms in total. The van der Waals surface area contributed by atoms with E-state index in [0.717, 1.165) is 25.7 Å². The number of rotatable bonds is 11. The van der Waals surface area contributed by atoms with Gasteiger partial charge in [-0.3, -0.25) is 0 Å². The number of carbonyl (C=O) groups is 2. The fourth-order valence-corrected chi connectivity index (χ4v) is 2.26. The fourth-order valence-electron chi connectivity index (χ4n) is 2.26. The van der Waals surface area contributed by atoms with Crippen molar-refractivity contribution in [3.8, 4) is 0 Å². The third-order valence-corrected chi connectivity index (χ3v) is 3.82. The van der Waals surface area contributed by atoms with Crippen LogP contribution in [0.3, 0.4) is 0 Å². The smallest absolute Gasteiger partial charge is 0.0476 e. The van der Waals surface area contributed by atoms with Crippen molar-refractivity contribution in [3.63, 3.8) is 0 Å². The van der Waals surface area contributed by atoms with E-state index >= 15 is 0 Å². The maximum absolute atomic E-state index is 11.1. The monoisotopic (exact) mass is 256 g/mol. The Morgan fingerprint density at radius 1 is 0.889 bits per heavy atom. The summed E-state index contributed by atoms with van der Waals surface area (Å²) in [6.45, 7) is 3.78. The van der Waals surface area contributed by atoms with E-state index in [-0.39, 0.29) is 6.42 Å². The molecule has 0 unspecified atom stereocenters. The van der Waals surface area contributed by atoms with Gasteiger partial charge in [0.2, 0.25) is 0 Å². The first-order valence-electron chi connectivity index (χ1n) is 6.89. The first-order valence-corrected chi connectivity index (χ1v) is 6.89. The van der Waals surface area contributed by atoms with Crippen molar-refractivity contribution in [2.45, 2.75) is 71.6 Å². The minimum atomic E-state index is -0.997. The predicted octanol–water partition coefficient (Wildman–Crippen LogP) is 1.02. The summed E-state index contributed by atoms with van der Waals surface area (Å²) in [6.07, 6.45) is 6.26. The summed E-state index contributed by atoms with van der Waals surface area (Å²) >= 11 is 0. The predicted molar refractivity (Wildman–Crippen MR) is 65.3 cm³/mol. The molecule has 0 aliphatic rings. The maximum Gasteiger partial charge on any atom is 0.0476 e. The molecule has 0 aromatic carbocycles. The summed E-state index contributed by atoms with van der Waals surface area (Å²) in [4.78, 5) is 21.3. The van der Waals surface area contributed by atoms with Gasteiger partial charge in [0.05, 0.1) is 0 Å². The molecular formula is C14H24O4-2. The highest BCUT2D eigenvalue weighted by atomic mass is 16.4. The first-order chi connectivity index (χ1) is 8.48. The van der Waals surface area contributed by atoms with Crippen LogP contribution in [0.1, 0.15) is 71.6 Å². The van der Waals surface area contributed by atoms with Gasteiger partial charge in [-0.05, 0) is 32.1 Å². The molecule has 18 heavy (non-hydrogen) atoms. The SMILES string of the molecule is CCC(CC)(CCCCCCCC(=O)[O-])C(=O)[O-]. The van der Waals surface area contributed by atoms with Crippen LogP contribution >= 0.6 is 0 Å². The largest absolute Gasteiger partial charge is 0.550 e. The molecule has 0 N–H and O–H groups in total. The van der Waals surface area contributed by atoms with E-state index in [1.54, 1.807) is 0 Å². The highest BCUT2D eigenvalue weighted by Crippen LogP contribution is 2.32. The molecule has 0 atom stereocenters. The van der Waals surface area contributed by atoms with Gasteiger partial charge in [-0.2, -0.15) is 0 Å². The van der Waals surface area contributed by atoms with Crippen LogP contribution in [0.5, 0.6) is 0 Å². The summed E-state index contributed by atoms with van der Waals surface area (Å²) in [7, 11) is 0. The number of hydrogen-bond acceptors (Lipinski definition) is 4. The Balaban J connectivity index is 3.75. The van der Waals surface area contributed by atoms with E-state index in [4.69, 9.17) is 0 Å². The molecule has 0 amide bonds. The molecule has 0 aromatic rings. The number of carbonyl (C=O) groups excluding carboxylic acids is 2. The van der Waals surface area contributed by atoms with Gasteiger partial charge >= 0.3 is 0 Å². The first kappa shape index (κ1) is 16.9. The van der Waals surface area contributed by atoms with E-state index in [2.05, 4.69) is 0 Å². The van der Waals surface area contributed by atoms with Crippen molar-refractivity contribution in [2.75, 3.05) is 0 Å². The zero-order valence-electron chi connectivity index (χ0n) is 11.5. The van der Waals surface area contributed by atoms with Gasteiger partial charge in [-0.25, -0.2) is 0 Å². The molecule has 0 aliphatic carbocycles. The number of aliphatic carboxylic acids is 2. The summed E-state index contributed by atoms with van der Waals surface area (Å²) in [6, 6.07) is 0. The number of unbranched alkanes of at least 4 members (excludes halogenated alkanes) is 4. The Bertz CT molecular complexity index is 257. The van der Waals surface area contributed by atoms with Crippen LogP contribution in [0.25, 0.3) is 0 Å². The van der Waals surface area contributed by atoms with Gasteiger partial charge < -0.3 is 19.8 Å². The van der Waals surface area contributed by atoms with E-state index in [0.29, 0.717) is 25.7 Å². The molecule has 0 saturated carbocycles. The molecule has 0 fully saturated rings. The molecule has 0 spiro atoms. The minimum absolute atomic E-state index is 0.118. The van der Waals surface area contributed by atoms with Gasteiger partial charge in [-0.15, -0.1) is 0 Å². The second kappa shape index (κ2) is 8.95. The van der Waals surface area contributed by atoms with Crippen molar-refractivity contribution in [3.05, 3.63) is 0 Å². The number of hydrogen-bond donors (Lipinski definition) is 0. The zero-order chi connectivity index (χ0) is 14.0. The van der Waals surface area contributed by atoms with Crippen LogP contribution < -0.4 is 10.2 Å². The van der Waals surface area contributed by atoms with Crippen LogP contribution in [-0.2, 0) is 9.59 Å². The number of carboxylic acids is 2. The van der Waals surface area contributed by atoms with E-state index in [1.165, 1.54) is 0 Å². The fraction of sp³-hybridized carbons (Fsp3) is 0.857. The minimum Gasteiger partial charge on any atom is -0.550 e. The Morgan fingerprint density at radius 3 is 1.83 bits per heavy atom. The van der Waals surface area contributed by atoms with Gasteiger partial charge in [0.1, 0.15) is 0 Å². The summed E-state index contributed by atoms with van der Waals surface area (Å²) in [5.74, 6) is -1.94. The van der Waals surface area contributed by atoms with Crippen molar-refractivity contribution in [1.29, 1.82) is 0 Å². The van der Waals surface area contributed by atoms with Gasteiger partial charge in [-0.1, -0.05) is 39.5 Å².